The van der Waals surface area contributed by atoms with Crippen molar-refractivity contribution in [1.29, 1.82) is 0 Å². The van der Waals surface area contributed by atoms with Crippen molar-refractivity contribution in [2.24, 2.45) is 5.92 Å². The summed E-state index contributed by atoms with van der Waals surface area (Å²) in [5.74, 6) is 2.35. The zero-order chi connectivity index (χ0) is 16.1. The molecular weight excluding hydrogens is 302 g/mol. The van der Waals surface area contributed by atoms with E-state index in [1.54, 1.807) is 0 Å². The van der Waals surface area contributed by atoms with Crippen molar-refractivity contribution >= 4 is 16.9 Å². The third kappa shape index (κ3) is 2.34. The van der Waals surface area contributed by atoms with Crippen LogP contribution < -0.4 is 0 Å². The fraction of sp³-hybridized carbons (Fsp3) is 0.579. The number of hydrogen-bond donors (Lipinski definition) is 0. The number of likely N-dealkylation sites (tertiary alicyclic amines) is 1. The Bertz CT molecular complexity index is 768. The van der Waals surface area contributed by atoms with Crippen LogP contribution in [0.1, 0.15) is 43.5 Å². The summed E-state index contributed by atoms with van der Waals surface area (Å²) in [6, 6.07) is 8.79. The van der Waals surface area contributed by atoms with Crippen LogP contribution in [0.25, 0.3) is 11.0 Å². The third-order valence-corrected chi connectivity index (χ3v) is 5.68. The van der Waals surface area contributed by atoms with E-state index in [1.165, 1.54) is 24.2 Å². The summed E-state index contributed by atoms with van der Waals surface area (Å²) in [5, 5.41) is 0. The van der Waals surface area contributed by atoms with E-state index >= 15 is 0 Å². The summed E-state index contributed by atoms with van der Waals surface area (Å²) >= 11 is 0. The molecular formula is C19H23N3O2. The molecule has 1 aliphatic carbocycles. The van der Waals surface area contributed by atoms with Gasteiger partial charge in [-0.15, -0.1) is 0 Å². The number of amides is 1. The van der Waals surface area contributed by atoms with E-state index in [4.69, 9.17) is 9.72 Å². The second kappa shape index (κ2) is 5.59. The van der Waals surface area contributed by atoms with Gasteiger partial charge in [0.2, 0.25) is 5.91 Å². The van der Waals surface area contributed by atoms with Gasteiger partial charge < -0.3 is 14.2 Å². The Hall–Kier alpha value is -1.88. The number of para-hydroxylation sites is 2. The third-order valence-electron chi connectivity index (χ3n) is 5.68. The van der Waals surface area contributed by atoms with E-state index < -0.39 is 0 Å². The molecule has 1 amide bonds. The molecule has 5 heteroatoms. The van der Waals surface area contributed by atoms with Crippen LogP contribution in [0.15, 0.2) is 24.3 Å². The van der Waals surface area contributed by atoms with E-state index in [0.29, 0.717) is 17.9 Å². The maximum absolute atomic E-state index is 12.6. The Morgan fingerprint density at radius 3 is 2.58 bits per heavy atom. The Morgan fingerprint density at radius 1 is 1.08 bits per heavy atom. The SMILES string of the molecule is O=C(C1CCOCC1)N1CC(n2c(C3CC3)nc3ccccc32)C1. The lowest BCUT2D eigenvalue weighted by molar-refractivity contribution is -0.144. The molecule has 0 atom stereocenters. The predicted molar refractivity (Wildman–Crippen MR) is 90.9 cm³/mol. The molecule has 1 aromatic heterocycles. The van der Waals surface area contributed by atoms with E-state index in [0.717, 1.165) is 44.7 Å². The average molecular weight is 325 g/mol. The number of hydrogen-bond acceptors (Lipinski definition) is 3. The van der Waals surface area contributed by atoms with Crippen LogP contribution in [-0.4, -0.2) is 46.7 Å². The second-order valence-corrected chi connectivity index (χ2v) is 7.39. The van der Waals surface area contributed by atoms with Gasteiger partial charge in [0.25, 0.3) is 0 Å². The van der Waals surface area contributed by atoms with Gasteiger partial charge in [0.05, 0.1) is 17.1 Å². The Kier molecular flexibility index (Phi) is 3.37. The Labute approximate surface area is 141 Å². The van der Waals surface area contributed by atoms with Crippen molar-refractivity contribution in [3.63, 3.8) is 0 Å². The molecule has 3 aliphatic rings. The molecule has 0 spiro atoms. The topological polar surface area (TPSA) is 47.4 Å². The highest BCUT2D eigenvalue weighted by atomic mass is 16.5. The Morgan fingerprint density at radius 2 is 1.83 bits per heavy atom. The van der Waals surface area contributed by atoms with Crippen LogP contribution in [0, 0.1) is 5.92 Å². The van der Waals surface area contributed by atoms with Crippen LogP contribution >= 0.6 is 0 Å². The van der Waals surface area contributed by atoms with Gasteiger partial charge in [-0.25, -0.2) is 4.98 Å². The number of ether oxygens (including phenoxy) is 1. The van der Waals surface area contributed by atoms with Gasteiger partial charge >= 0.3 is 0 Å². The lowest BCUT2D eigenvalue weighted by atomic mass is 9.96. The number of carbonyl (C=O) groups excluding carboxylic acids is 1. The van der Waals surface area contributed by atoms with Gasteiger partial charge in [0, 0.05) is 38.1 Å². The number of benzene rings is 1. The minimum atomic E-state index is 0.169. The molecule has 1 saturated carbocycles. The Balaban J connectivity index is 1.36. The molecule has 2 saturated heterocycles. The largest absolute Gasteiger partial charge is 0.381 e. The highest BCUT2D eigenvalue weighted by molar-refractivity contribution is 5.80. The summed E-state index contributed by atoms with van der Waals surface area (Å²) in [6.07, 6.45) is 4.25. The molecule has 24 heavy (non-hydrogen) atoms. The molecule has 126 valence electrons. The summed E-state index contributed by atoms with van der Waals surface area (Å²) in [5.41, 5.74) is 2.32. The number of aromatic nitrogens is 2. The van der Waals surface area contributed by atoms with Gasteiger partial charge in [0.1, 0.15) is 5.82 Å². The van der Waals surface area contributed by atoms with E-state index in [-0.39, 0.29) is 5.92 Å². The van der Waals surface area contributed by atoms with Crippen molar-refractivity contribution in [1.82, 2.24) is 14.5 Å². The molecule has 0 unspecified atom stereocenters. The molecule has 5 nitrogen and oxygen atoms in total. The van der Waals surface area contributed by atoms with Crippen LogP contribution in [0.4, 0.5) is 0 Å². The lowest BCUT2D eigenvalue weighted by Gasteiger charge is -2.43. The molecule has 5 rings (SSSR count). The van der Waals surface area contributed by atoms with Crippen LogP contribution in [0.2, 0.25) is 0 Å². The number of fused-ring (bicyclic) bond motifs is 1. The van der Waals surface area contributed by atoms with Crippen LogP contribution in [0.3, 0.4) is 0 Å². The first kappa shape index (κ1) is 14.5. The zero-order valence-electron chi connectivity index (χ0n) is 13.9. The number of rotatable bonds is 3. The molecule has 2 aromatic rings. The van der Waals surface area contributed by atoms with Crippen molar-refractivity contribution in [2.45, 2.75) is 37.6 Å². The van der Waals surface area contributed by atoms with E-state index in [2.05, 4.69) is 28.8 Å². The summed E-state index contributed by atoms with van der Waals surface area (Å²) in [7, 11) is 0. The molecule has 0 radical (unpaired) electrons. The first-order valence-electron chi connectivity index (χ1n) is 9.14. The molecule has 0 N–H and O–H groups in total. The van der Waals surface area contributed by atoms with E-state index in [1.807, 2.05) is 4.90 Å². The van der Waals surface area contributed by atoms with Crippen molar-refractivity contribution in [3.05, 3.63) is 30.1 Å². The van der Waals surface area contributed by atoms with Crippen molar-refractivity contribution < 1.29 is 9.53 Å². The summed E-state index contributed by atoms with van der Waals surface area (Å²) in [6.45, 7) is 3.11. The highest BCUT2D eigenvalue weighted by Gasteiger charge is 2.39. The van der Waals surface area contributed by atoms with Gasteiger partial charge in [0.15, 0.2) is 0 Å². The van der Waals surface area contributed by atoms with Crippen LogP contribution in [0.5, 0.6) is 0 Å². The quantitative estimate of drug-likeness (QED) is 0.872. The maximum atomic E-state index is 12.6. The highest BCUT2D eigenvalue weighted by Crippen LogP contribution is 2.43. The minimum Gasteiger partial charge on any atom is -0.381 e. The molecule has 2 aliphatic heterocycles. The normalized spacial score (nSPS) is 22.8. The number of imidazole rings is 1. The van der Waals surface area contributed by atoms with Crippen LogP contribution in [-0.2, 0) is 9.53 Å². The zero-order valence-corrected chi connectivity index (χ0v) is 13.9. The first-order valence-corrected chi connectivity index (χ1v) is 9.14. The second-order valence-electron chi connectivity index (χ2n) is 7.39. The molecule has 1 aromatic carbocycles. The van der Waals surface area contributed by atoms with Gasteiger partial charge in [-0.3, -0.25) is 4.79 Å². The van der Waals surface area contributed by atoms with Gasteiger partial charge in [-0.2, -0.15) is 0 Å². The monoisotopic (exact) mass is 325 g/mol. The molecule has 3 fully saturated rings. The first-order chi connectivity index (χ1) is 11.8. The lowest BCUT2D eigenvalue weighted by Crippen LogP contribution is -2.53. The predicted octanol–water partition coefficient (Wildman–Crippen LogP) is 2.72. The van der Waals surface area contributed by atoms with Gasteiger partial charge in [-0.05, 0) is 37.8 Å². The van der Waals surface area contributed by atoms with Crippen molar-refractivity contribution in [3.8, 4) is 0 Å². The maximum Gasteiger partial charge on any atom is 0.226 e. The summed E-state index contributed by atoms with van der Waals surface area (Å²) in [4.78, 5) is 19.5. The number of nitrogens with zero attached hydrogens (tertiary/aromatic N) is 3. The fourth-order valence-corrected chi connectivity index (χ4v) is 4.08. The molecule has 0 bridgehead atoms. The summed E-state index contributed by atoms with van der Waals surface area (Å²) < 4.78 is 7.79. The molecule has 3 heterocycles. The van der Waals surface area contributed by atoms with Crippen molar-refractivity contribution in [2.75, 3.05) is 26.3 Å². The minimum absolute atomic E-state index is 0.169. The smallest absolute Gasteiger partial charge is 0.226 e. The number of carbonyl (C=O) groups is 1. The average Bonchev–Trinajstić information content (AvgIpc) is 3.36. The van der Waals surface area contributed by atoms with Gasteiger partial charge in [-0.1, -0.05) is 12.1 Å². The van der Waals surface area contributed by atoms with E-state index in [9.17, 15) is 4.79 Å². The standard InChI is InChI=1S/C19H23N3O2/c23-19(14-7-9-24-10-8-14)21-11-15(12-21)22-17-4-2-1-3-16(17)20-18(22)13-5-6-13/h1-4,13-15H,5-12H2. The fourth-order valence-electron chi connectivity index (χ4n) is 4.08.